The van der Waals surface area contributed by atoms with Gasteiger partial charge in [0.25, 0.3) is 0 Å². The molecule has 0 amide bonds. The van der Waals surface area contributed by atoms with Crippen LogP contribution in [0.4, 0.5) is 0 Å². The first-order valence-electron chi connectivity index (χ1n) is 5.66. The SMILES string of the molecule is C[C@H]1N=C(C(Cl)Cl)O[C@@H]1c1ccc(COOS)cc1. The molecular weight excluding hydrogens is 309 g/mol. The Bertz CT molecular complexity index is 453. The van der Waals surface area contributed by atoms with E-state index in [1.165, 1.54) is 0 Å². The fraction of sp³-hybridized carbons (Fsp3) is 0.417. The molecule has 7 heteroatoms. The van der Waals surface area contributed by atoms with E-state index in [9.17, 15) is 0 Å². The molecule has 0 saturated carbocycles. The van der Waals surface area contributed by atoms with Crippen molar-refractivity contribution in [2.45, 2.75) is 30.5 Å². The second kappa shape index (κ2) is 6.81. The fourth-order valence-electron chi connectivity index (χ4n) is 1.88. The summed E-state index contributed by atoms with van der Waals surface area (Å²) in [5.74, 6) is 0.372. The highest BCUT2D eigenvalue weighted by molar-refractivity contribution is 7.74. The number of rotatable bonds is 5. The van der Waals surface area contributed by atoms with Gasteiger partial charge in [0.1, 0.15) is 12.7 Å². The van der Waals surface area contributed by atoms with Crippen molar-refractivity contribution in [3.63, 3.8) is 0 Å². The zero-order chi connectivity index (χ0) is 13.8. The van der Waals surface area contributed by atoms with Crippen molar-refractivity contribution in [1.29, 1.82) is 0 Å². The second-order valence-corrected chi connectivity index (χ2v) is 5.37. The second-order valence-electron chi connectivity index (χ2n) is 4.13. The third-order valence-corrected chi connectivity index (χ3v) is 3.27. The van der Waals surface area contributed by atoms with Crippen molar-refractivity contribution in [3.05, 3.63) is 35.4 Å². The molecule has 0 N–H and O–H groups in total. The molecular formula is C12H13Cl2NO3S. The maximum atomic E-state index is 5.76. The van der Waals surface area contributed by atoms with Crippen LogP contribution >= 0.6 is 36.1 Å². The molecule has 1 aliphatic heterocycles. The smallest absolute Gasteiger partial charge is 0.218 e. The van der Waals surface area contributed by atoms with Crippen LogP contribution in [-0.4, -0.2) is 16.8 Å². The molecule has 0 aromatic heterocycles. The van der Waals surface area contributed by atoms with E-state index in [-0.39, 0.29) is 12.1 Å². The molecule has 19 heavy (non-hydrogen) atoms. The Morgan fingerprint density at radius 3 is 2.58 bits per heavy atom. The Morgan fingerprint density at radius 1 is 1.37 bits per heavy atom. The highest BCUT2D eigenvalue weighted by atomic mass is 35.5. The molecule has 1 heterocycles. The lowest BCUT2D eigenvalue weighted by molar-refractivity contribution is -0.199. The van der Waals surface area contributed by atoms with Gasteiger partial charge < -0.3 is 4.74 Å². The Hall–Kier alpha value is -0.460. The van der Waals surface area contributed by atoms with Crippen LogP contribution in [0.15, 0.2) is 29.3 Å². The predicted octanol–water partition coefficient (Wildman–Crippen LogP) is 3.64. The lowest BCUT2D eigenvalue weighted by Crippen LogP contribution is -2.13. The van der Waals surface area contributed by atoms with E-state index >= 15 is 0 Å². The van der Waals surface area contributed by atoms with Gasteiger partial charge in [0.05, 0.1) is 6.04 Å². The van der Waals surface area contributed by atoms with Crippen molar-refractivity contribution in [1.82, 2.24) is 0 Å². The topological polar surface area (TPSA) is 40.0 Å². The average molecular weight is 322 g/mol. The zero-order valence-electron chi connectivity index (χ0n) is 10.1. The van der Waals surface area contributed by atoms with Gasteiger partial charge in [-0.2, -0.15) is 4.33 Å². The maximum absolute atomic E-state index is 5.76. The van der Waals surface area contributed by atoms with E-state index < -0.39 is 4.84 Å². The number of halogens is 2. The molecule has 0 bridgehead atoms. The first-order valence-corrected chi connectivity index (χ1v) is 6.90. The van der Waals surface area contributed by atoms with Gasteiger partial charge in [0.15, 0.2) is 4.84 Å². The quantitative estimate of drug-likeness (QED) is 0.296. The van der Waals surface area contributed by atoms with Crippen LogP contribution in [0, 0.1) is 0 Å². The molecule has 1 aliphatic rings. The van der Waals surface area contributed by atoms with Crippen LogP contribution < -0.4 is 0 Å². The van der Waals surface area contributed by atoms with Crippen molar-refractivity contribution in [2.24, 2.45) is 4.99 Å². The Morgan fingerprint density at radius 2 is 2.05 bits per heavy atom. The molecule has 1 aromatic carbocycles. The van der Waals surface area contributed by atoms with Crippen LogP contribution in [0.25, 0.3) is 0 Å². The van der Waals surface area contributed by atoms with Crippen molar-refractivity contribution in [2.75, 3.05) is 0 Å². The van der Waals surface area contributed by atoms with Gasteiger partial charge in [0, 0.05) is 12.9 Å². The lowest BCUT2D eigenvalue weighted by Gasteiger charge is -2.15. The molecule has 0 saturated heterocycles. The monoisotopic (exact) mass is 321 g/mol. The average Bonchev–Trinajstić information content (AvgIpc) is 2.79. The standard InChI is InChI=1S/C12H13Cl2NO3S/c1-7-10(17-12(15-7)11(13)14)9-4-2-8(3-5-9)6-16-18-19/h2-5,7,10-11,19H,6H2,1H3/t7-,10+/m1/s1. The molecule has 0 fully saturated rings. The van der Waals surface area contributed by atoms with Gasteiger partial charge in [-0.05, 0) is 18.1 Å². The summed E-state index contributed by atoms with van der Waals surface area (Å²) in [6.45, 7) is 2.29. The minimum atomic E-state index is -0.729. The number of alkyl halides is 2. The predicted molar refractivity (Wildman–Crippen MR) is 77.5 cm³/mol. The van der Waals surface area contributed by atoms with Crippen molar-refractivity contribution >= 4 is 42.0 Å². The van der Waals surface area contributed by atoms with Gasteiger partial charge in [-0.15, -0.1) is 0 Å². The van der Waals surface area contributed by atoms with Gasteiger partial charge >= 0.3 is 0 Å². The van der Waals surface area contributed by atoms with Gasteiger partial charge in [-0.3, -0.25) is 0 Å². The summed E-state index contributed by atoms with van der Waals surface area (Å²) >= 11 is 15.0. The summed E-state index contributed by atoms with van der Waals surface area (Å²) in [6, 6.07) is 7.74. The number of nitrogens with zero attached hydrogens (tertiary/aromatic N) is 1. The van der Waals surface area contributed by atoms with Crippen LogP contribution in [-0.2, 0) is 20.6 Å². The van der Waals surface area contributed by atoms with E-state index in [2.05, 4.69) is 22.2 Å². The summed E-state index contributed by atoms with van der Waals surface area (Å²) in [7, 11) is 0. The molecule has 0 radical (unpaired) electrons. The summed E-state index contributed by atoms with van der Waals surface area (Å²) < 4.78 is 9.92. The van der Waals surface area contributed by atoms with E-state index in [1.54, 1.807) is 0 Å². The Labute approximate surface area is 127 Å². The Kier molecular flexibility index (Phi) is 5.36. The fourth-order valence-corrected chi connectivity index (χ4v) is 2.15. The molecule has 4 nitrogen and oxygen atoms in total. The van der Waals surface area contributed by atoms with E-state index in [0.29, 0.717) is 12.5 Å². The first-order chi connectivity index (χ1) is 9.11. The minimum Gasteiger partial charge on any atom is -0.469 e. The molecule has 0 spiro atoms. The molecule has 0 unspecified atom stereocenters. The molecule has 1 aromatic rings. The highest BCUT2D eigenvalue weighted by Crippen LogP contribution is 2.31. The maximum Gasteiger partial charge on any atom is 0.218 e. The third-order valence-electron chi connectivity index (χ3n) is 2.79. The Balaban J connectivity index is 2.03. The minimum absolute atomic E-state index is 0.0159. The number of aliphatic imine (C=N–C) groups is 1. The number of benzene rings is 1. The van der Waals surface area contributed by atoms with E-state index in [0.717, 1.165) is 11.1 Å². The largest absolute Gasteiger partial charge is 0.469 e. The number of hydrogen-bond acceptors (Lipinski definition) is 5. The first kappa shape index (κ1) is 14.9. The van der Waals surface area contributed by atoms with Crippen LogP contribution in [0.1, 0.15) is 24.2 Å². The summed E-state index contributed by atoms with van der Waals surface area (Å²) in [5, 5.41) is 0. The van der Waals surface area contributed by atoms with Crippen molar-refractivity contribution < 1.29 is 14.0 Å². The summed E-state index contributed by atoms with van der Waals surface area (Å²) in [5.41, 5.74) is 1.98. The summed E-state index contributed by atoms with van der Waals surface area (Å²) in [4.78, 5) is 8.29. The van der Waals surface area contributed by atoms with Gasteiger partial charge in [0.2, 0.25) is 5.90 Å². The highest BCUT2D eigenvalue weighted by Gasteiger charge is 2.31. The molecule has 2 rings (SSSR count). The zero-order valence-corrected chi connectivity index (χ0v) is 12.5. The van der Waals surface area contributed by atoms with E-state index in [1.807, 2.05) is 31.2 Å². The third kappa shape index (κ3) is 3.77. The van der Waals surface area contributed by atoms with Crippen LogP contribution in [0.5, 0.6) is 0 Å². The van der Waals surface area contributed by atoms with Gasteiger partial charge in [-0.1, -0.05) is 47.5 Å². The molecule has 2 atom stereocenters. The summed E-state index contributed by atoms with van der Waals surface area (Å²) in [6.07, 6.45) is -0.161. The molecule has 104 valence electrons. The number of ether oxygens (including phenoxy) is 1. The van der Waals surface area contributed by atoms with Crippen LogP contribution in [0.3, 0.4) is 0 Å². The van der Waals surface area contributed by atoms with Crippen LogP contribution in [0.2, 0.25) is 0 Å². The number of hydrogen-bond donors (Lipinski definition) is 1. The number of thiol groups is 1. The van der Waals surface area contributed by atoms with E-state index in [4.69, 9.17) is 32.8 Å². The van der Waals surface area contributed by atoms with Crippen molar-refractivity contribution in [3.8, 4) is 0 Å². The normalized spacial score (nSPS) is 22.5. The lowest BCUT2D eigenvalue weighted by atomic mass is 10.0. The van der Waals surface area contributed by atoms with Gasteiger partial charge in [-0.25, -0.2) is 9.88 Å². The molecule has 0 aliphatic carbocycles.